The van der Waals surface area contributed by atoms with Crippen molar-refractivity contribution in [3.8, 4) is 0 Å². The van der Waals surface area contributed by atoms with E-state index in [9.17, 15) is 4.79 Å². The zero-order chi connectivity index (χ0) is 15.0. The number of rotatable bonds is 4. The highest BCUT2D eigenvalue weighted by Crippen LogP contribution is 2.35. The summed E-state index contributed by atoms with van der Waals surface area (Å²) in [5.41, 5.74) is 2.33. The van der Waals surface area contributed by atoms with Crippen LogP contribution in [0.5, 0.6) is 0 Å². The molecule has 2 aromatic rings. The minimum atomic E-state index is 0.0381. The van der Waals surface area contributed by atoms with Crippen LogP contribution in [-0.4, -0.2) is 15.8 Å². The van der Waals surface area contributed by atoms with Gasteiger partial charge >= 0.3 is 0 Å². The van der Waals surface area contributed by atoms with Gasteiger partial charge in [-0.25, -0.2) is 4.98 Å². The summed E-state index contributed by atoms with van der Waals surface area (Å²) in [5.74, 6) is 0.865. The number of aryl methyl sites for hydroxylation is 1. The maximum atomic E-state index is 13.0. The molecule has 0 aliphatic heterocycles. The second-order valence-electron chi connectivity index (χ2n) is 5.38. The summed E-state index contributed by atoms with van der Waals surface area (Å²) in [7, 11) is 0. The molecule has 0 unspecified atom stereocenters. The number of fused-ring (bicyclic) bond motifs is 1. The van der Waals surface area contributed by atoms with Gasteiger partial charge in [-0.1, -0.05) is 25.1 Å². The molecule has 0 bridgehead atoms. The van der Waals surface area contributed by atoms with Crippen LogP contribution in [0.25, 0.3) is 16.5 Å². The Balaban J connectivity index is 2.40. The van der Waals surface area contributed by atoms with Crippen LogP contribution in [-0.2, 0) is 6.42 Å². The van der Waals surface area contributed by atoms with Crippen molar-refractivity contribution in [3.05, 3.63) is 46.0 Å². The lowest BCUT2D eigenvalue weighted by Crippen LogP contribution is -2.25. The Morgan fingerprint density at radius 3 is 2.81 bits per heavy atom. The first kappa shape index (κ1) is 13.7. The number of nitrogens with one attached hydrogen (secondary N) is 1. The molecule has 1 N–H and O–H groups in total. The van der Waals surface area contributed by atoms with Crippen molar-refractivity contribution < 1.29 is 0 Å². The molecule has 0 atom stereocenters. The molecule has 4 nitrogen and oxygen atoms in total. The lowest BCUT2D eigenvalue weighted by Gasteiger charge is -2.13. The molecule has 1 saturated carbocycles. The Labute approximate surface area is 123 Å². The van der Waals surface area contributed by atoms with Gasteiger partial charge in [0, 0.05) is 18.7 Å². The van der Waals surface area contributed by atoms with Crippen molar-refractivity contribution in [2.75, 3.05) is 0 Å². The molecular formula is C17H19N3O. The largest absolute Gasteiger partial charge is 0.308 e. The van der Waals surface area contributed by atoms with Gasteiger partial charge in [-0.15, -0.1) is 0 Å². The first-order valence-corrected chi connectivity index (χ1v) is 7.42. The third-order valence-corrected chi connectivity index (χ3v) is 4.01. The predicted octanol–water partition coefficient (Wildman–Crippen LogP) is 3.35. The molecule has 1 aromatic heterocycles. The average Bonchev–Trinajstić information content (AvgIpc) is 3.32. The van der Waals surface area contributed by atoms with E-state index in [0.717, 1.165) is 41.7 Å². The van der Waals surface area contributed by atoms with Gasteiger partial charge in [-0.2, -0.15) is 0 Å². The molecule has 108 valence electrons. The number of hydrogen-bond donors (Lipinski definition) is 1. The van der Waals surface area contributed by atoms with E-state index in [2.05, 4.69) is 4.98 Å². The molecule has 0 radical (unpaired) electrons. The van der Waals surface area contributed by atoms with Crippen LogP contribution in [0.15, 0.2) is 29.1 Å². The Hall–Kier alpha value is -2.23. The molecule has 1 aliphatic rings. The van der Waals surface area contributed by atoms with Crippen LogP contribution >= 0.6 is 0 Å². The summed E-state index contributed by atoms with van der Waals surface area (Å²) in [6.45, 7) is 3.91. The van der Waals surface area contributed by atoms with E-state index in [1.807, 2.05) is 42.7 Å². The SMILES string of the molecule is C/C=C(\C=N)c1cccc2nc(CC)n(C3CC3)c(=O)c12. The van der Waals surface area contributed by atoms with Crippen LogP contribution in [0, 0.1) is 5.41 Å². The number of allylic oxidation sites excluding steroid dienone is 2. The van der Waals surface area contributed by atoms with Crippen molar-refractivity contribution in [3.63, 3.8) is 0 Å². The molecule has 4 heteroatoms. The van der Waals surface area contributed by atoms with Crippen molar-refractivity contribution in [1.29, 1.82) is 5.41 Å². The van der Waals surface area contributed by atoms with E-state index in [1.54, 1.807) is 0 Å². The molecule has 0 amide bonds. The van der Waals surface area contributed by atoms with Crippen LogP contribution in [0.1, 0.15) is 44.1 Å². The highest BCUT2D eigenvalue weighted by Gasteiger charge is 2.28. The fourth-order valence-corrected chi connectivity index (χ4v) is 2.80. The van der Waals surface area contributed by atoms with Gasteiger partial charge in [0.2, 0.25) is 0 Å². The summed E-state index contributed by atoms with van der Waals surface area (Å²) in [6, 6.07) is 5.99. The van der Waals surface area contributed by atoms with E-state index in [-0.39, 0.29) is 5.56 Å². The van der Waals surface area contributed by atoms with Gasteiger partial charge in [0.05, 0.1) is 10.9 Å². The quantitative estimate of drug-likeness (QED) is 0.874. The molecule has 1 aromatic carbocycles. The fraction of sp³-hybridized carbons (Fsp3) is 0.353. The highest BCUT2D eigenvalue weighted by atomic mass is 16.1. The van der Waals surface area contributed by atoms with Crippen molar-refractivity contribution in [2.24, 2.45) is 0 Å². The summed E-state index contributed by atoms with van der Waals surface area (Å²) >= 11 is 0. The maximum Gasteiger partial charge on any atom is 0.262 e. The minimum absolute atomic E-state index is 0.0381. The predicted molar refractivity (Wildman–Crippen MR) is 86.1 cm³/mol. The van der Waals surface area contributed by atoms with Gasteiger partial charge < -0.3 is 5.41 Å². The van der Waals surface area contributed by atoms with Crippen molar-refractivity contribution in [2.45, 2.75) is 39.2 Å². The van der Waals surface area contributed by atoms with E-state index in [4.69, 9.17) is 5.41 Å². The van der Waals surface area contributed by atoms with Crippen molar-refractivity contribution >= 4 is 22.7 Å². The lowest BCUT2D eigenvalue weighted by molar-refractivity contribution is 0.646. The zero-order valence-corrected chi connectivity index (χ0v) is 12.4. The summed E-state index contributed by atoms with van der Waals surface area (Å²) < 4.78 is 1.86. The van der Waals surface area contributed by atoms with Gasteiger partial charge in [-0.3, -0.25) is 9.36 Å². The van der Waals surface area contributed by atoms with Gasteiger partial charge in [0.1, 0.15) is 5.82 Å². The van der Waals surface area contributed by atoms with Crippen LogP contribution in [0.2, 0.25) is 0 Å². The number of benzene rings is 1. The molecule has 1 aliphatic carbocycles. The van der Waals surface area contributed by atoms with E-state index < -0.39 is 0 Å². The van der Waals surface area contributed by atoms with E-state index in [0.29, 0.717) is 11.4 Å². The van der Waals surface area contributed by atoms with Gasteiger partial charge in [-0.05, 0) is 37.0 Å². The second-order valence-corrected chi connectivity index (χ2v) is 5.38. The van der Waals surface area contributed by atoms with E-state index >= 15 is 0 Å². The van der Waals surface area contributed by atoms with Gasteiger partial charge in [0.25, 0.3) is 5.56 Å². The average molecular weight is 281 g/mol. The molecule has 0 spiro atoms. The van der Waals surface area contributed by atoms with E-state index in [1.165, 1.54) is 6.21 Å². The van der Waals surface area contributed by atoms with Gasteiger partial charge in [0.15, 0.2) is 0 Å². The third-order valence-electron chi connectivity index (χ3n) is 4.01. The molecule has 21 heavy (non-hydrogen) atoms. The zero-order valence-electron chi connectivity index (χ0n) is 12.4. The first-order valence-electron chi connectivity index (χ1n) is 7.42. The summed E-state index contributed by atoms with van der Waals surface area (Å²) in [5, 5.41) is 8.19. The number of nitrogens with zero attached hydrogens (tertiary/aromatic N) is 2. The Kier molecular flexibility index (Phi) is 3.45. The Bertz CT molecular complexity index is 798. The van der Waals surface area contributed by atoms with Crippen LogP contribution in [0.3, 0.4) is 0 Å². The Morgan fingerprint density at radius 2 is 2.24 bits per heavy atom. The minimum Gasteiger partial charge on any atom is -0.308 e. The monoisotopic (exact) mass is 281 g/mol. The fourth-order valence-electron chi connectivity index (χ4n) is 2.80. The molecule has 1 heterocycles. The molecule has 0 saturated heterocycles. The highest BCUT2D eigenvalue weighted by molar-refractivity contribution is 6.13. The summed E-state index contributed by atoms with van der Waals surface area (Å²) in [4.78, 5) is 17.7. The van der Waals surface area contributed by atoms with Crippen molar-refractivity contribution in [1.82, 2.24) is 9.55 Å². The molecular weight excluding hydrogens is 262 g/mol. The summed E-state index contributed by atoms with van der Waals surface area (Å²) in [6.07, 6.45) is 6.03. The topological polar surface area (TPSA) is 58.7 Å². The maximum absolute atomic E-state index is 13.0. The smallest absolute Gasteiger partial charge is 0.262 e. The molecule has 3 rings (SSSR count). The number of aromatic nitrogens is 2. The number of hydrogen-bond acceptors (Lipinski definition) is 3. The normalized spacial score (nSPS) is 15.4. The molecule has 1 fully saturated rings. The standard InChI is InChI=1S/C17H19N3O/c1-3-11(10-18)13-6-5-7-14-16(13)17(21)20(12-8-9-12)15(4-2)19-14/h3,5-7,10,12,18H,4,8-9H2,1-2H3/b11-3+,18-10?. The van der Waals surface area contributed by atoms with Crippen LogP contribution < -0.4 is 5.56 Å². The van der Waals surface area contributed by atoms with Crippen LogP contribution in [0.4, 0.5) is 0 Å². The third kappa shape index (κ3) is 2.20. The Morgan fingerprint density at radius 1 is 1.48 bits per heavy atom. The second kappa shape index (κ2) is 5.28. The lowest BCUT2D eigenvalue weighted by atomic mass is 10.0. The first-order chi connectivity index (χ1) is 10.2.